The molecule has 0 spiro atoms. The fraction of sp³-hybridized carbons (Fsp3) is 0.100. The molecule has 0 N–H and O–H groups in total. The number of rotatable bonds is 2. The van der Waals surface area contributed by atoms with Gasteiger partial charge in [-0.3, -0.25) is 0 Å². The molecule has 0 aliphatic rings. The summed E-state index contributed by atoms with van der Waals surface area (Å²) in [7, 11) is 0. The Morgan fingerprint density at radius 3 is 2.29 bits per heavy atom. The van der Waals surface area contributed by atoms with Gasteiger partial charge in [0.1, 0.15) is 18.4 Å². The summed E-state index contributed by atoms with van der Waals surface area (Å²) in [6, 6.07) is 7.99. The molecule has 2 aromatic rings. The Morgan fingerprint density at radius 1 is 1.00 bits per heavy atom. The van der Waals surface area contributed by atoms with Crippen LogP contribution >= 0.6 is 0 Å². The van der Waals surface area contributed by atoms with Crippen molar-refractivity contribution in [1.82, 2.24) is 15.0 Å². The third kappa shape index (κ3) is 2.04. The summed E-state index contributed by atoms with van der Waals surface area (Å²) in [6.07, 6.45) is 2.80. The first kappa shape index (κ1) is 8.62. The van der Waals surface area contributed by atoms with Gasteiger partial charge in [-0.05, 0) is 19.1 Å². The van der Waals surface area contributed by atoms with E-state index in [9.17, 15) is 0 Å². The Kier molecular flexibility index (Phi) is 2.36. The van der Waals surface area contributed by atoms with Gasteiger partial charge in [-0.2, -0.15) is 9.97 Å². The first-order chi connectivity index (χ1) is 6.84. The Labute approximate surface area is 81.6 Å². The quantitative estimate of drug-likeness (QED) is 0.721. The first-order valence-electron chi connectivity index (χ1n) is 4.21. The first-order valence-corrected chi connectivity index (χ1v) is 4.21. The summed E-state index contributed by atoms with van der Waals surface area (Å²) in [5.74, 6) is 0.724. The maximum absolute atomic E-state index is 5.37. The predicted octanol–water partition coefficient (Wildman–Crippen LogP) is 1.97. The zero-order valence-electron chi connectivity index (χ0n) is 7.71. The maximum Gasteiger partial charge on any atom is 0.324 e. The zero-order valence-corrected chi connectivity index (χ0v) is 7.71. The van der Waals surface area contributed by atoms with Crippen LogP contribution in [0.2, 0.25) is 0 Å². The third-order valence-corrected chi connectivity index (χ3v) is 1.70. The summed E-state index contributed by atoms with van der Waals surface area (Å²) in [6.45, 7) is 2.02. The highest BCUT2D eigenvalue weighted by atomic mass is 16.5. The minimum atomic E-state index is 0.309. The molecule has 0 radical (unpaired) electrons. The summed E-state index contributed by atoms with van der Waals surface area (Å²) < 4.78 is 5.37. The van der Waals surface area contributed by atoms with Gasteiger partial charge in [0.2, 0.25) is 0 Å². The van der Waals surface area contributed by atoms with Crippen LogP contribution in [0.5, 0.6) is 11.8 Å². The van der Waals surface area contributed by atoms with Crippen LogP contribution < -0.4 is 4.74 Å². The van der Waals surface area contributed by atoms with E-state index in [1.807, 2.05) is 31.2 Å². The molecule has 0 bridgehead atoms. The lowest BCUT2D eigenvalue weighted by molar-refractivity contribution is 0.439. The Bertz CT molecular complexity index is 399. The molecule has 1 aromatic carbocycles. The lowest BCUT2D eigenvalue weighted by Crippen LogP contribution is -1.91. The number of benzene rings is 1. The summed E-state index contributed by atoms with van der Waals surface area (Å²) >= 11 is 0. The van der Waals surface area contributed by atoms with Crippen molar-refractivity contribution >= 4 is 0 Å². The molecule has 0 aliphatic carbocycles. The number of hydrogen-bond donors (Lipinski definition) is 0. The van der Waals surface area contributed by atoms with Crippen LogP contribution in [0.1, 0.15) is 5.56 Å². The molecular weight excluding hydrogens is 178 g/mol. The van der Waals surface area contributed by atoms with E-state index in [-0.39, 0.29) is 0 Å². The smallest absolute Gasteiger partial charge is 0.324 e. The number of aromatic nitrogens is 3. The van der Waals surface area contributed by atoms with E-state index in [2.05, 4.69) is 15.0 Å². The van der Waals surface area contributed by atoms with Gasteiger partial charge in [0.15, 0.2) is 0 Å². The van der Waals surface area contributed by atoms with Gasteiger partial charge in [-0.1, -0.05) is 17.7 Å². The van der Waals surface area contributed by atoms with Crippen molar-refractivity contribution in [2.45, 2.75) is 6.92 Å². The molecule has 0 amide bonds. The van der Waals surface area contributed by atoms with E-state index < -0.39 is 0 Å². The number of ether oxygens (including phenoxy) is 1. The fourth-order valence-corrected chi connectivity index (χ4v) is 0.993. The average Bonchev–Trinajstić information content (AvgIpc) is 2.23. The van der Waals surface area contributed by atoms with Crippen LogP contribution in [0.4, 0.5) is 0 Å². The van der Waals surface area contributed by atoms with Crippen molar-refractivity contribution in [3.63, 3.8) is 0 Å². The normalized spacial score (nSPS) is 9.79. The predicted molar refractivity (Wildman–Crippen MR) is 51.1 cm³/mol. The molecule has 4 heteroatoms. The molecule has 4 nitrogen and oxygen atoms in total. The van der Waals surface area contributed by atoms with Gasteiger partial charge < -0.3 is 4.74 Å². The van der Waals surface area contributed by atoms with Crippen LogP contribution in [-0.4, -0.2) is 15.0 Å². The molecule has 1 heterocycles. The minimum absolute atomic E-state index is 0.309. The third-order valence-electron chi connectivity index (χ3n) is 1.70. The summed E-state index contributed by atoms with van der Waals surface area (Å²) in [4.78, 5) is 11.4. The Hall–Kier alpha value is -1.97. The van der Waals surface area contributed by atoms with Crippen LogP contribution in [0.25, 0.3) is 0 Å². The van der Waals surface area contributed by atoms with Crippen LogP contribution in [0, 0.1) is 6.92 Å². The molecule has 0 saturated heterocycles. The summed E-state index contributed by atoms with van der Waals surface area (Å²) in [5.41, 5.74) is 1.19. The van der Waals surface area contributed by atoms with E-state index in [0.717, 1.165) is 5.75 Å². The standard InChI is InChI=1S/C10H9N3O/c1-8-2-4-9(5-3-8)14-10-12-6-11-7-13-10/h2-7H,1H3. The van der Waals surface area contributed by atoms with Gasteiger partial charge in [0.05, 0.1) is 0 Å². The highest BCUT2D eigenvalue weighted by Crippen LogP contribution is 2.16. The topological polar surface area (TPSA) is 47.9 Å². The molecule has 0 fully saturated rings. The second-order valence-corrected chi connectivity index (χ2v) is 2.84. The van der Waals surface area contributed by atoms with Gasteiger partial charge in [-0.25, -0.2) is 4.98 Å². The molecule has 0 unspecified atom stereocenters. The summed E-state index contributed by atoms with van der Waals surface area (Å²) in [5, 5.41) is 0. The van der Waals surface area contributed by atoms with Gasteiger partial charge in [0.25, 0.3) is 0 Å². The average molecular weight is 187 g/mol. The highest BCUT2D eigenvalue weighted by Gasteiger charge is 1.97. The second kappa shape index (κ2) is 3.83. The molecule has 0 aliphatic heterocycles. The van der Waals surface area contributed by atoms with E-state index in [4.69, 9.17) is 4.74 Å². The van der Waals surface area contributed by atoms with E-state index in [0.29, 0.717) is 6.01 Å². The van der Waals surface area contributed by atoms with E-state index in [1.54, 1.807) is 0 Å². The SMILES string of the molecule is Cc1ccc(Oc2ncncn2)cc1. The monoisotopic (exact) mass is 187 g/mol. The van der Waals surface area contributed by atoms with E-state index in [1.165, 1.54) is 18.2 Å². The molecule has 2 rings (SSSR count). The van der Waals surface area contributed by atoms with Gasteiger partial charge in [0, 0.05) is 0 Å². The van der Waals surface area contributed by atoms with Crippen molar-refractivity contribution in [2.75, 3.05) is 0 Å². The number of hydrogen-bond acceptors (Lipinski definition) is 4. The zero-order chi connectivity index (χ0) is 9.80. The van der Waals surface area contributed by atoms with Crippen molar-refractivity contribution < 1.29 is 4.74 Å². The highest BCUT2D eigenvalue weighted by molar-refractivity contribution is 5.28. The molecule has 0 atom stereocenters. The molecule has 1 aromatic heterocycles. The maximum atomic E-state index is 5.37. The molecular formula is C10H9N3O. The Balaban J connectivity index is 2.16. The molecule has 70 valence electrons. The number of aryl methyl sites for hydroxylation is 1. The van der Waals surface area contributed by atoms with Crippen molar-refractivity contribution in [3.8, 4) is 11.8 Å². The minimum Gasteiger partial charge on any atom is -0.424 e. The molecule has 0 saturated carbocycles. The van der Waals surface area contributed by atoms with Crippen LogP contribution in [0.3, 0.4) is 0 Å². The van der Waals surface area contributed by atoms with Crippen molar-refractivity contribution in [2.24, 2.45) is 0 Å². The largest absolute Gasteiger partial charge is 0.424 e. The lowest BCUT2D eigenvalue weighted by atomic mass is 10.2. The van der Waals surface area contributed by atoms with Gasteiger partial charge >= 0.3 is 6.01 Å². The Morgan fingerprint density at radius 2 is 1.64 bits per heavy atom. The van der Waals surface area contributed by atoms with Crippen LogP contribution in [0.15, 0.2) is 36.9 Å². The van der Waals surface area contributed by atoms with Crippen molar-refractivity contribution in [3.05, 3.63) is 42.5 Å². The van der Waals surface area contributed by atoms with Gasteiger partial charge in [-0.15, -0.1) is 0 Å². The second-order valence-electron chi connectivity index (χ2n) is 2.84. The van der Waals surface area contributed by atoms with Crippen LogP contribution in [-0.2, 0) is 0 Å². The molecule has 14 heavy (non-hydrogen) atoms. The number of nitrogens with zero attached hydrogens (tertiary/aromatic N) is 3. The fourth-order valence-electron chi connectivity index (χ4n) is 0.993. The lowest BCUT2D eigenvalue weighted by Gasteiger charge is -2.02. The van der Waals surface area contributed by atoms with Crippen molar-refractivity contribution in [1.29, 1.82) is 0 Å². The van der Waals surface area contributed by atoms with E-state index >= 15 is 0 Å².